The summed E-state index contributed by atoms with van der Waals surface area (Å²) < 4.78 is 7.62. The molecule has 2 atom stereocenters. The zero-order valence-electron chi connectivity index (χ0n) is 15.0. The van der Waals surface area contributed by atoms with Crippen LogP contribution >= 0.6 is 0 Å². The molecule has 2 unspecified atom stereocenters. The summed E-state index contributed by atoms with van der Waals surface area (Å²) in [6, 6.07) is 14.3. The first-order chi connectivity index (χ1) is 13.3. The van der Waals surface area contributed by atoms with Crippen molar-refractivity contribution in [3.63, 3.8) is 0 Å². The summed E-state index contributed by atoms with van der Waals surface area (Å²) in [5, 5.41) is 0. The van der Waals surface area contributed by atoms with Crippen LogP contribution in [-0.2, 0) is 11.3 Å². The van der Waals surface area contributed by atoms with Crippen LogP contribution in [0, 0.1) is 0 Å². The molecule has 2 aliphatic heterocycles. The lowest BCUT2D eigenvalue weighted by Crippen LogP contribution is -2.43. The van der Waals surface area contributed by atoms with Crippen LogP contribution in [0.1, 0.15) is 30.4 Å². The number of rotatable bonds is 3. The maximum absolute atomic E-state index is 12.7. The van der Waals surface area contributed by atoms with Crippen LogP contribution in [0.2, 0.25) is 0 Å². The zero-order chi connectivity index (χ0) is 18.2. The van der Waals surface area contributed by atoms with E-state index in [-0.39, 0.29) is 18.2 Å². The number of hydrogen-bond donors (Lipinski definition) is 0. The number of carbonyl (C=O) groups is 1. The Labute approximate surface area is 157 Å². The average Bonchev–Trinajstić information content (AvgIpc) is 3.28. The van der Waals surface area contributed by atoms with Gasteiger partial charge in [-0.1, -0.05) is 36.4 Å². The maximum atomic E-state index is 12.7. The Morgan fingerprint density at radius 3 is 2.89 bits per heavy atom. The SMILES string of the molecule is O=C(OCc1ccccc1)N1C2C=C(c3ccc4nccn4c3)CC1CC2. The fourth-order valence-corrected chi connectivity index (χ4v) is 4.23. The molecule has 4 heterocycles. The Morgan fingerprint density at radius 2 is 2.04 bits per heavy atom. The Balaban J connectivity index is 1.33. The number of ether oxygens (including phenoxy) is 1. The molecule has 2 aliphatic rings. The van der Waals surface area contributed by atoms with Gasteiger partial charge in [0.25, 0.3) is 0 Å². The molecule has 1 saturated heterocycles. The van der Waals surface area contributed by atoms with E-state index < -0.39 is 0 Å². The Morgan fingerprint density at radius 1 is 1.15 bits per heavy atom. The number of carbonyl (C=O) groups excluding carboxylic acids is 1. The number of hydrogen-bond acceptors (Lipinski definition) is 3. The Kier molecular flexibility index (Phi) is 3.93. The molecule has 0 aliphatic carbocycles. The van der Waals surface area contributed by atoms with Gasteiger partial charge in [0.05, 0.1) is 6.04 Å². The molecule has 5 nitrogen and oxygen atoms in total. The molecule has 5 heteroatoms. The molecule has 2 bridgehead atoms. The third-order valence-electron chi connectivity index (χ3n) is 5.57. The van der Waals surface area contributed by atoms with Gasteiger partial charge >= 0.3 is 6.09 Å². The van der Waals surface area contributed by atoms with Crippen molar-refractivity contribution in [1.82, 2.24) is 14.3 Å². The van der Waals surface area contributed by atoms with Crippen LogP contribution in [0.5, 0.6) is 0 Å². The second-order valence-electron chi connectivity index (χ2n) is 7.25. The molecular weight excluding hydrogens is 338 g/mol. The second kappa shape index (κ2) is 6.58. The lowest BCUT2D eigenvalue weighted by molar-refractivity contribution is 0.0832. The van der Waals surface area contributed by atoms with Crippen LogP contribution in [0.15, 0.2) is 67.1 Å². The van der Waals surface area contributed by atoms with E-state index in [9.17, 15) is 4.79 Å². The van der Waals surface area contributed by atoms with Gasteiger partial charge in [-0.2, -0.15) is 0 Å². The number of benzene rings is 1. The van der Waals surface area contributed by atoms with Crippen molar-refractivity contribution in [2.24, 2.45) is 0 Å². The van der Waals surface area contributed by atoms with E-state index in [1.54, 1.807) is 0 Å². The monoisotopic (exact) mass is 359 g/mol. The minimum Gasteiger partial charge on any atom is -0.445 e. The minimum absolute atomic E-state index is 0.125. The largest absolute Gasteiger partial charge is 0.445 e. The average molecular weight is 359 g/mol. The molecule has 1 fully saturated rings. The van der Waals surface area contributed by atoms with Gasteiger partial charge in [0, 0.05) is 24.6 Å². The highest BCUT2D eigenvalue weighted by molar-refractivity contribution is 5.75. The van der Waals surface area contributed by atoms with E-state index in [0.29, 0.717) is 6.61 Å². The first kappa shape index (κ1) is 16.1. The van der Waals surface area contributed by atoms with Gasteiger partial charge in [-0.3, -0.25) is 4.90 Å². The molecule has 0 radical (unpaired) electrons. The highest BCUT2D eigenvalue weighted by Crippen LogP contribution is 2.39. The fraction of sp³-hybridized carbons (Fsp3) is 0.273. The summed E-state index contributed by atoms with van der Waals surface area (Å²) >= 11 is 0. The number of pyridine rings is 1. The van der Waals surface area contributed by atoms with Crippen LogP contribution < -0.4 is 0 Å². The van der Waals surface area contributed by atoms with Gasteiger partial charge in [0.2, 0.25) is 0 Å². The normalized spacial score (nSPS) is 21.3. The number of fused-ring (bicyclic) bond motifs is 3. The molecule has 3 aromatic rings. The van der Waals surface area contributed by atoms with Crippen LogP contribution in [0.4, 0.5) is 4.79 Å². The topological polar surface area (TPSA) is 46.8 Å². The summed E-state index contributed by atoms with van der Waals surface area (Å²) in [5.74, 6) is 0. The standard InChI is InChI=1S/C22H21N3O2/c26-22(27-15-16-4-2-1-3-5-16)25-19-7-8-20(25)13-18(12-19)17-6-9-21-23-10-11-24(21)14-17/h1-6,9-12,14,19-20H,7-8,13,15H2. The van der Waals surface area contributed by atoms with Gasteiger partial charge in [-0.25, -0.2) is 9.78 Å². The molecule has 1 amide bonds. The van der Waals surface area contributed by atoms with Crippen molar-refractivity contribution in [3.8, 4) is 0 Å². The maximum Gasteiger partial charge on any atom is 0.410 e. The van der Waals surface area contributed by atoms with E-state index in [4.69, 9.17) is 4.74 Å². The molecule has 5 rings (SSSR count). The van der Waals surface area contributed by atoms with Crippen molar-refractivity contribution in [3.05, 3.63) is 78.3 Å². The number of aromatic nitrogens is 2. The summed E-state index contributed by atoms with van der Waals surface area (Å²) in [6.07, 6.45) is 10.8. The molecular formula is C22H21N3O2. The summed E-state index contributed by atoms with van der Waals surface area (Å²) in [4.78, 5) is 18.9. The van der Waals surface area contributed by atoms with Crippen LogP contribution in [-0.4, -0.2) is 32.5 Å². The highest BCUT2D eigenvalue weighted by atomic mass is 16.6. The molecule has 0 saturated carbocycles. The third-order valence-corrected chi connectivity index (χ3v) is 5.57. The van der Waals surface area contributed by atoms with E-state index >= 15 is 0 Å². The Bertz CT molecular complexity index is 1010. The van der Waals surface area contributed by atoms with Gasteiger partial charge in [0.1, 0.15) is 12.3 Å². The zero-order valence-corrected chi connectivity index (χ0v) is 15.0. The number of imidazole rings is 1. The minimum atomic E-state index is -0.202. The molecule has 1 aromatic carbocycles. The molecule has 27 heavy (non-hydrogen) atoms. The van der Waals surface area contributed by atoms with E-state index in [1.807, 2.05) is 58.1 Å². The predicted molar refractivity (Wildman–Crippen MR) is 103 cm³/mol. The van der Waals surface area contributed by atoms with Crippen LogP contribution in [0.25, 0.3) is 11.2 Å². The van der Waals surface area contributed by atoms with Gasteiger partial charge in [-0.15, -0.1) is 0 Å². The van der Waals surface area contributed by atoms with E-state index in [0.717, 1.165) is 30.5 Å². The lowest BCUT2D eigenvalue weighted by Gasteiger charge is -2.33. The van der Waals surface area contributed by atoms with Gasteiger partial charge in [0.15, 0.2) is 0 Å². The van der Waals surface area contributed by atoms with Crippen LogP contribution in [0.3, 0.4) is 0 Å². The third kappa shape index (κ3) is 2.99. The van der Waals surface area contributed by atoms with Crippen molar-refractivity contribution in [1.29, 1.82) is 0 Å². The summed E-state index contributed by atoms with van der Waals surface area (Å²) in [6.45, 7) is 0.323. The van der Waals surface area contributed by atoms with Crippen molar-refractivity contribution in [2.45, 2.75) is 38.0 Å². The van der Waals surface area contributed by atoms with Gasteiger partial charge < -0.3 is 9.14 Å². The first-order valence-corrected chi connectivity index (χ1v) is 9.41. The molecule has 2 aromatic heterocycles. The second-order valence-corrected chi connectivity index (χ2v) is 7.25. The van der Waals surface area contributed by atoms with Crippen molar-refractivity contribution >= 4 is 17.3 Å². The molecule has 0 N–H and O–H groups in total. The lowest BCUT2D eigenvalue weighted by atomic mass is 9.96. The summed E-state index contributed by atoms with van der Waals surface area (Å²) in [5.41, 5.74) is 4.48. The fourth-order valence-electron chi connectivity index (χ4n) is 4.23. The number of amides is 1. The Hall–Kier alpha value is -3.08. The van der Waals surface area contributed by atoms with Crippen molar-refractivity contribution < 1.29 is 9.53 Å². The highest BCUT2D eigenvalue weighted by Gasteiger charge is 2.40. The summed E-state index contributed by atoms with van der Waals surface area (Å²) in [7, 11) is 0. The number of nitrogens with zero attached hydrogens (tertiary/aromatic N) is 3. The molecule has 136 valence electrons. The van der Waals surface area contributed by atoms with Crippen molar-refractivity contribution in [2.75, 3.05) is 0 Å². The van der Waals surface area contributed by atoms with E-state index in [2.05, 4.69) is 23.3 Å². The van der Waals surface area contributed by atoms with E-state index in [1.165, 1.54) is 11.1 Å². The first-order valence-electron chi connectivity index (χ1n) is 9.41. The smallest absolute Gasteiger partial charge is 0.410 e. The van der Waals surface area contributed by atoms with Gasteiger partial charge in [-0.05, 0) is 48.1 Å². The molecule has 0 spiro atoms. The quantitative estimate of drug-likeness (QED) is 0.701. The predicted octanol–water partition coefficient (Wildman–Crippen LogP) is 4.29.